The van der Waals surface area contributed by atoms with Gasteiger partial charge in [-0.3, -0.25) is 4.79 Å². The highest BCUT2D eigenvalue weighted by Gasteiger charge is 2.28. The number of hydrogen-bond donors (Lipinski definition) is 0. The van der Waals surface area contributed by atoms with Crippen molar-refractivity contribution in [2.24, 2.45) is 5.92 Å². The van der Waals surface area contributed by atoms with Crippen molar-refractivity contribution < 1.29 is 17.9 Å². The van der Waals surface area contributed by atoms with Crippen LogP contribution in [0.25, 0.3) is 0 Å². The smallest absolute Gasteiger partial charge is 0.310 e. The van der Waals surface area contributed by atoms with Crippen LogP contribution in [0.4, 0.5) is 5.82 Å². The van der Waals surface area contributed by atoms with Crippen LogP contribution >= 0.6 is 11.6 Å². The summed E-state index contributed by atoms with van der Waals surface area (Å²) >= 11 is 5.83. The molecule has 0 aliphatic carbocycles. The van der Waals surface area contributed by atoms with Crippen molar-refractivity contribution in [2.45, 2.75) is 30.5 Å². The maximum absolute atomic E-state index is 12.6. The Balaban J connectivity index is 1.70. The van der Waals surface area contributed by atoms with Gasteiger partial charge < -0.3 is 9.64 Å². The van der Waals surface area contributed by atoms with Gasteiger partial charge in [0.2, 0.25) is 9.84 Å². The van der Waals surface area contributed by atoms with Crippen LogP contribution in [0.5, 0.6) is 0 Å². The maximum Gasteiger partial charge on any atom is 0.310 e. The highest BCUT2D eigenvalue weighted by Crippen LogP contribution is 2.23. The predicted octanol–water partition coefficient (Wildman–Crippen LogP) is 2.88. The van der Waals surface area contributed by atoms with Gasteiger partial charge in [-0.15, -0.1) is 10.2 Å². The highest BCUT2D eigenvalue weighted by atomic mass is 35.5. The van der Waals surface area contributed by atoms with Gasteiger partial charge in [0.15, 0.2) is 10.8 Å². The van der Waals surface area contributed by atoms with Crippen molar-refractivity contribution in [2.75, 3.05) is 24.6 Å². The number of benzene rings is 1. The number of piperidine rings is 1. The van der Waals surface area contributed by atoms with Crippen LogP contribution in [0.3, 0.4) is 0 Å². The quantitative estimate of drug-likeness (QED) is 0.660. The van der Waals surface area contributed by atoms with Crippen LogP contribution in [-0.4, -0.2) is 44.3 Å². The largest absolute Gasteiger partial charge is 0.466 e. The number of anilines is 1. The van der Waals surface area contributed by atoms with E-state index in [0.29, 0.717) is 29.6 Å². The number of carbonyl (C=O) groups excluding carboxylic acids is 1. The molecule has 3 rings (SSSR count). The molecule has 1 saturated heterocycles. The Kier molecular flexibility index (Phi) is 6.51. The van der Waals surface area contributed by atoms with Gasteiger partial charge in [-0.2, -0.15) is 0 Å². The number of sulfone groups is 1. The van der Waals surface area contributed by atoms with Gasteiger partial charge in [0, 0.05) is 18.1 Å². The maximum atomic E-state index is 12.6. The number of ether oxygens (including phenoxy) is 1. The van der Waals surface area contributed by atoms with E-state index in [1.165, 1.54) is 6.07 Å². The Morgan fingerprint density at radius 3 is 2.61 bits per heavy atom. The number of hydrogen-bond acceptors (Lipinski definition) is 7. The predicted molar refractivity (Wildman–Crippen MR) is 106 cm³/mol. The molecule has 1 fully saturated rings. The number of esters is 1. The number of rotatable bonds is 6. The zero-order chi connectivity index (χ0) is 20.1. The second-order valence-corrected chi connectivity index (χ2v) is 9.03. The summed E-state index contributed by atoms with van der Waals surface area (Å²) in [6.07, 6.45) is 1.61. The molecular formula is C19H22ClN3O4S. The zero-order valence-corrected chi connectivity index (χ0v) is 17.1. The molecule has 0 amide bonds. The molecule has 0 spiro atoms. The van der Waals surface area contributed by atoms with E-state index < -0.39 is 9.84 Å². The monoisotopic (exact) mass is 423 g/mol. The third-order valence-corrected chi connectivity index (χ3v) is 6.40. The molecule has 1 aliphatic rings. The van der Waals surface area contributed by atoms with Gasteiger partial charge in [-0.1, -0.05) is 23.7 Å². The first kappa shape index (κ1) is 20.5. The van der Waals surface area contributed by atoms with Gasteiger partial charge in [0.25, 0.3) is 0 Å². The van der Waals surface area contributed by atoms with E-state index in [1.54, 1.807) is 37.3 Å². The van der Waals surface area contributed by atoms with Crippen molar-refractivity contribution >= 4 is 33.2 Å². The van der Waals surface area contributed by atoms with Crippen LogP contribution in [0.2, 0.25) is 5.02 Å². The lowest BCUT2D eigenvalue weighted by atomic mass is 9.98. The molecule has 1 aliphatic heterocycles. The lowest BCUT2D eigenvalue weighted by molar-refractivity contribution is -0.148. The molecule has 150 valence electrons. The van der Waals surface area contributed by atoms with Gasteiger partial charge in [0.05, 0.1) is 18.3 Å². The van der Waals surface area contributed by atoms with Crippen molar-refractivity contribution in [3.8, 4) is 0 Å². The SMILES string of the molecule is CCOC(=O)[C@@H]1CCCN(c2ccc(S(=O)(=O)Cc3ccc(Cl)cc3)nn2)C1. The van der Waals surface area contributed by atoms with Gasteiger partial charge in [-0.25, -0.2) is 8.42 Å². The first-order valence-corrected chi connectivity index (χ1v) is 11.1. The molecule has 9 heteroatoms. The molecule has 1 aromatic heterocycles. The number of nitrogens with zero attached hydrogens (tertiary/aromatic N) is 3. The fraction of sp³-hybridized carbons (Fsp3) is 0.421. The van der Waals surface area contributed by atoms with Gasteiger partial charge >= 0.3 is 5.97 Å². The van der Waals surface area contributed by atoms with Crippen LogP contribution in [0.1, 0.15) is 25.3 Å². The minimum absolute atomic E-state index is 0.0786. The van der Waals surface area contributed by atoms with E-state index in [1.807, 2.05) is 4.90 Å². The fourth-order valence-electron chi connectivity index (χ4n) is 3.16. The average Bonchev–Trinajstić information content (AvgIpc) is 2.70. The molecule has 7 nitrogen and oxygen atoms in total. The van der Waals surface area contributed by atoms with E-state index in [4.69, 9.17) is 16.3 Å². The first-order chi connectivity index (χ1) is 13.4. The van der Waals surface area contributed by atoms with Crippen molar-refractivity contribution in [1.29, 1.82) is 0 Å². The topological polar surface area (TPSA) is 89.5 Å². The summed E-state index contributed by atoms with van der Waals surface area (Å²) < 4.78 is 30.3. The summed E-state index contributed by atoms with van der Waals surface area (Å²) in [6.45, 7) is 3.37. The Hall–Kier alpha value is -2.19. The number of carbonyl (C=O) groups is 1. The Morgan fingerprint density at radius 1 is 1.21 bits per heavy atom. The molecule has 0 unspecified atom stereocenters. The summed E-state index contributed by atoms with van der Waals surface area (Å²) in [7, 11) is -3.61. The summed E-state index contributed by atoms with van der Waals surface area (Å²) in [5.74, 6) is -0.0297. The summed E-state index contributed by atoms with van der Waals surface area (Å²) in [4.78, 5) is 13.9. The van der Waals surface area contributed by atoms with Crippen molar-refractivity contribution in [3.63, 3.8) is 0 Å². The third-order valence-electron chi connectivity index (χ3n) is 4.58. The molecule has 2 heterocycles. The van der Waals surface area contributed by atoms with Crippen LogP contribution in [-0.2, 0) is 25.1 Å². The lowest BCUT2D eigenvalue weighted by Gasteiger charge is -2.32. The fourth-order valence-corrected chi connectivity index (χ4v) is 4.50. The normalized spacial score (nSPS) is 17.4. The van der Waals surface area contributed by atoms with Gasteiger partial charge in [0.1, 0.15) is 0 Å². The van der Waals surface area contributed by atoms with E-state index in [9.17, 15) is 13.2 Å². The Labute approximate surface area is 169 Å². The molecule has 0 saturated carbocycles. The van der Waals surface area contributed by atoms with E-state index in [2.05, 4.69) is 10.2 Å². The molecule has 0 bridgehead atoms. The summed E-state index contributed by atoms with van der Waals surface area (Å²) in [5, 5.41) is 8.48. The summed E-state index contributed by atoms with van der Waals surface area (Å²) in [6, 6.07) is 9.74. The molecule has 2 aromatic rings. The highest BCUT2D eigenvalue weighted by molar-refractivity contribution is 7.90. The molecule has 28 heavy (non-hydrogen) atoms. The Bertz CT molecular complexity index is 917. The zero-order valence-electron chi connectivity index (χ0n) is 15.5. The van der Waals surface area contributed by atoms with E-state index in [-0.39, 0.29) is 22.7 Å². The first-order valence-electron chi connectivity index (χ1n) is 9.11. The molecule has 0 radical (unpaired) electrons. The summed E-state index contributed by atoms with van der Waals surface area (Å²) in [5.41, 5.74) is 0.628. The second kappa shape index (κ2) is 8.87. The molecule has 0 N–H and O–H groups in total. The van der Waals surface area contributed by atoms with Crippen LogP contribution in [0, 0.1) is 5.92 Å². The number of aromatic nitrogens is 2. The van der Waals surface area contributed by atoms with Crippen LogP contribution < -0.4 is 4.90 Å². The standard InChI is InChI=1S/C19H22ClN3O4S/c1-2-27-19(24)15-4-3-11-23(12-15)17-9-10-18(22-21-17)28(25,26)13-14-5-7-16(20)8-6-14/h5-10,15H,2-4,11-13H2,1H3/t15-/m1/s1. The lowest BCUT2D eigenvalue weighted by Crippen LogP contribution is -2.40. The van der Waals surface area contributed by atoms with Crippen LogP contribution in [0.15, 0.2) is 41.4 Å². The number of halogens is 1. The molecule has 1 atom stereocenters. The van der Waals surface area contributed by atoms with E-state index in [0.717, 1.165) is 19.4 Å². The molecular weight excluding hydrogens is 402 g/mol. The van der Waals surface area contributed by atoms with Crippen molar-refractivity contribution in [1.82, 2.24) is 10.2 Å². The van der Waals surface area contributed by atoms with Gasteiger partial charge in [-0.05, 0) is 49.6 Å². The third kappa shape index (κ3) is 4.99. The second-order valence-electron chi connectivity index (χ2n) is 6.65. The van der Waals surface area contributed by atoms with Crippen molar-refractivity contribution in [3.05, 3.63) is 47.0 Å². The average molecular weight is 424 g/mol. The minimum Gasteiger partial charge on any atom is -0.466 e. The van der Waals surface area contributed by atoms with E-state index >= 15 is 0 Å². The Morgan fingerprint density at radius 2 is 1.96 bits per heavy atom. The minimum atomic E-state index is -3.61. The molecule has 1 aromatic carbocycles.